The first kappa shape index (κ1) is 20.7. The summed E-state index contributed by atoms with van der Waals surface area (Å²) >= 11 is 1.27. The Kier molecular flexibility index (Phi) is 5.65. The van der Waals surface area contributed by atoms with Gasteiger partial charge in [-0.2, -0.15) is 0 Å². The number of hydrogen-bond donors (Lipinski definition) is 1. The molecule has 8 nitrogen and oxygen atoms in total. The predicted molar refractivity (Wildman–Crippen MR) is 120 cm³/mol. The number of nitrogens with one attached hydrogen (secondary N) is 1. The summed E-state index contributed by atoms with van der Waals surface area (Å²) in [6.45, 7) is 2.11. The molecule has 166 valence electrons. The number of nitrogens with zero attached hydrogens (tertiary/aromatic N) is 2. The highest BCUT2D eigenvalue weighted by molar-refractivity contribution is 8.01. The Morgan fingerprint density at radius 3 is 2.59 bits per heavy atom. The maximum absolute atomic E-state index is 13.3. The maximum atomic E-state index is 13.3. The Labute approximate surface area is 189 Å². The standard InChI is InChI=1S/C23H23N3O5S/c27-20(24-15-7-8-17-18(13-15)31-12-11-30-17)14-26-16-5-1-2-6-19(16)32-21(23(26)29)22(28)25-9-3-4-10-25/h1-2,5-8,13,21H,3-4,9-12,14H2,(H,24,27). The van der Waals surface area contributed by atoms with Gasteiger partial charge >= 0.3 is 0 Å². The third-order valence-electron chi connectivity index (χ3n) is 5.66. The number of benzene rings is 2. The molecule has 3 aliphatic rings. The van der Waals surface area contributed by atoms with Gasteiger partial charge < -0.3 is 24.6 Å². The molecule has 2 aromatic carbocycles. The second kappa shape index (κ2) is 8.74. The van der Waals surface area contributed by atoms with Crippen molar-refractivity contribution < 1.29 is 23.9 Å². The Balaban J connectivity index is 1.34. The van der Waals surface area contributed by atoms with Crippen LogP contribution in [0.3, 0.4) is 0 Å². The number of para-hydroxylation sites is 1. The zero-order chi connectivity index (χ0) is 22.1. The third kappa shape index (κ3) is 4.00. The molecule has 1 N–H and O–H groups in total. The Bertz CT molecular complexity index is 1070. The number of anilines is 2. The van der Waals surface area contributed by atoms with E-state index in [-0.39, 0.29) is 24.3 Å². The maximum Gasteiger partial charge on any atom is 0.250 e. The van der Waals surface area contributed by atoms with Crippen molar-refractivity contribution in [1.82, 2.24) is 4.90 Å². The number of rotatable bonds is 4. The first-order valence-corrected chi connectivity index (χ1v) is 11.5. The van der Waals surface area contributed by atoms with E-state index in [1.54, 1.807) is 29.2 Å². The van der Waals surface area contributed by atoms with Crippen LogP contribution in [0.25, 0.3) is 0 Å². The SMILES string of the molecule is O=C(CN1C(=O)C(C(=O)N2CCCC2)Sc2ccccc21)Nc1ccc2c(c1)OCCO2. The smallest absolute Gasteiger partial charge is 0.250 e. The van der Waals surface area contributed by atoms with Crippen LogP contribution in [0.2, 0.25) is 0 Å². The molecule has 32 heavy (non-hydrogen) atoms. The molecule has 3 heterocycles. The molecule has 5 rings (SSSR count). The van der Waals surface area contributed by atoms with Gasteiger partial charge in [0.05, 0.1) is 5.69 Å². The van der Waals surface area contributed by atoms with Crippen molar-refractivity contribution in [2.75, 3.05) is 43.1 Å². The number of likely N-dealkylation sites (tertiary alicyclic amines) is 1. The molecule has 2 aromatic rings. The molecule has 1 fully saturated rings. The first-order valence-electron chi connectivity index (χ1n) is 10.7. The van der Waals surface area contributed by atoms with Gasteiger partial charge in [0.2, 0.25) is 11.8 Å². The zero-order valence-corrected chi connectivity index (χ0v) is 18.2. The molecular formula is C23H23N3O5S. The molecule has 0 aliphatic carbocycles. The van der Waals surface area contributed by atoms with E-state index in [1.165, 1.54) is 16.7 Å². The van der Waals surface area contributed by atoms with E-state index in [1.807, 2.05) is 18.2 Å². The van der Waals surface area contributed by atoms with Gasteiger partial charge in [-0.15, -0.1) is 11.8 Å². The number of ether oxygens (including phenoxy) is 2. The fourth-order valence-electron chi connectivity index (χ4n) is 4.11. The highest BCUT2D eigenvalue weighted by atomic mass is 32.2. The molecule has 0 bridgehead atoms. The number of hydrogen-bond acceptors (Lipinski definition) is 6. The van der Waals surface area contributed by atoms with Crippen molar-refractivity contribution in [3.05, 3.63) is 42.5 Å². The lowest BCUT2D eigenvalue weighted by Crippen LogP contribution is -2.51. The van der Waals surface area contributed by atoms with Gasteiger partial charge in [-0.25, -0.2) is 0 Å². The van der Waals surface area contributed by atoms with Crippen LogP contribution in [0, 0.1) is 0 Å². The van der Waals surface area contributed by atoms with Gasteiger partial charge in [-0.3, -0.25) is 14.4 Å². The summed E-state index contributed by atoms with van der Waals surface area (Å²) in [5.41, 5.74) is 1.20. The summed E-state index contributed by atoms with van der Waals surface area (Å²) in [5, 5.41) is 1.95. The normalized spacial score (nSPS) is 19.5. The van der Waals surface area contributed by atoms with Crippen LogP contribution in [0.1, 0.15) is 12.8 Å². The minimum atomic E-state index is -0.870. The minimum Gasteiger partial charge on any atom is -0.486 e. The van der Waals surface area contributed by atoms with E-state index in [0.29, 0.717) is 49.2 Å². The largest absolute Gasteiger partial charge is 0.486 e. The topological polar surface area (TPSA) is 88.2 Å². The van der Waals surface area contributed by atoms with Gasteiger partial charge in [0.1, 0.15) is 19.8 Å². The quantitative estimate of drug-likeness (QED) is 0.716. The second-order valence-corrected chi connectivity index (χ2v) is 8.98. The third-order valence-corrected chi connectivity index (χ3v) is 6.90. The van der Waals surface area contributed by atoms with Crippen molar-refractivity contribution in [3.63, 3.8) is 0 Å². The summed E-state index contributed by atoms with van der Waals surface area (Å²) in [5.74, 6) is 0.312. The predicted octanol–water partition coefficient (Wildman–Crippen LogP) is 2.53. The van der Waals surface area contributed by atoms with Crippen LogP contribution in [0.5, 0.6) is 11.5 Å². The molecule has 3 amide bonds. The molecule has 0 radical (unpaired) electrons. The first-order chi connectivity index (χ1) is 15.6. The highest BCUT2D eigenvalue weighted by Crippen LogP contribution is 2.40. The monoisotopic (exact) mass is 453 g/mol. The molecule has 1 saturated heterocycles. The Morgan fingerprint density at radius 1 is 1.03 bits per heavy atom. The number of carbonyl (C=O) groups excluding carboxylic acids is 3. The van der Waals surface area contributed by atoms with E-state index in [9.17, 15) is 14.4 Å². The molecular weight excluding hydrogens is 430 g/mol. The minimum absolute atomic E-state index is 0.177. The number of thioether (sulfide) groups is 1. The second-order valence-electron chi connectivity index (χ2n) is 7.83. The highest BCUT2D eigenvalue weighted by Gasteiger charge is 2.41. The van der Waals surface area contributed by atoms with Crippen molar-refractivity contribution in [2.45, 2.75) is 23.0 Å². The van der Waals surface area contributed by atoms with E-state index in [4.69, 9.17) is 9.47 Å². The van der Waals surface area contributed by atoms with Crippen LogP contribution in [0.4, 0.5) is 11.4 Å². The van der Waals surface area contributed by atoms with Crippen LogP contribution in [-0.4, -0.2) is 60.7 Å². The summed E-state index contributed by atoms with van der Waals surface area (Å²) in [7, 11) is 0. The van der Waals surface area contributed by atoms with Crippen LogP contribution < -0.4 is 19.7 Å². The Hall–Kier alpha value is -3.20. The molecule has 0 aromatic heterocycles. The Morgan fingerprint density at radius 2 is 1.78 bits per heavy atom. The van der Waals surface area contributed by atoms with Crippen molar-refractivity contribution in [3.8, 4) is 11.5 Å². The lowest BCUT2D eigenvalue weighted by molar-refractivity contribution is -0.134. The van der Waals surface area contributed by atoms with Crippen LogP contribution in [0.15, 0.2) is 47.4 Å². The van der Waals surface area contributed by atoms with Crippen molar-refractivity contribution >= 4 is 40.9 Å². The molecule has 1 unspecified atom stereocenters. The lowest BCUT2D eigenvalue weighted by atomic mass is 10.2. The molecule has 0 saturated carbocycles. The van der Waals surface area contributed by atoms with Gasteiger partial charge in [0, 0.05) is 29.7 Å². The molecule has 1 atom stereocenters. The van der Waals surface area contributed by atoms with E-state index in [2.05, 4.69) is 5.32 Å². The molecule has 0 spiro atoms. The number of carbonyl (C=O) groups is 3. The summed E-state index contributed by atoms with van der Waals surface area (Å²) in [6, 6.07) is 12.5. The summed E-state index contributed by atoms with van der Waals surface area (Å²) in [6.07, 6.45) is 1.91. The summed E-state index contributed by atoms with van der Waals surface area (Å²) in [4.78, 5) is 43.2. The van der Waals surface area contributed by atoms with E-state index in [0.717, 1.165) is 17.7 Å². The average Bonchev–Trinajstić information content (AvgIpc) is 3.35. The lowest BCUT2D eigenvalue weighted by Gasteiger charge is -2.34. The fraction of sp³-hybridized carbons (Fsp3) is 0.348. The summed E-state index contributed by atoms with van der Waals surface area (Å²) < 4.78 is 11.1. The van der Waals surface area contributed by atoms with Crippen molar-refractivity contribution in [1.29, 1.82) is 0 Å². The van der Waals surface area contributed by atoms with E-state index < -0.39 is 5.25 Å². The van der Waals surface area contributed by atoms with E-state index >= 15 is 0 Å². The van der Waals surface area contributed by atoms with Gasteiger partial charge in [-0.1, -0.05) is 12.1 Å². The average molecular weight is 454 g/mol. The van der Waals surface area contributed by atoms with Gasteiger partial charge in [0.15, 0.2) is 16.7 Å². The zero-order valence-electron chi connectivity index (χ0n) is 17.4. The molecule has 3 aliphatic heterocycles. The van der Waals surface area contributed by atoms with Crippen molar-refractivity contribution in [2.24, 2.45) is 0 Å². The van der Waals surface area contributed by atoms with Gasteiger partial charge in [0.25, 0.3) is 5.91 Å². The van der Waals surface area contributed by atoms with Gasteiger partial charge in [-0.05, 0) is 37.1 Å². The number of fused-ring (bicyclic) bond motifs is 2. The van der Waals surface area contributed by atoms with Crippen LogP contribution >= 0.6 is 11.8 Å². The molecule has 9 heteroatoms. The van der Waals surface area contributed by atoms with Crippen LogP contribution in [-0.2, 0) is 14.4 Å². The number of amides is 3. The fourth-order valence-corrected chi connectivity index (χ4v) is 5.29.